The van der Waals surface area contributed by atoms with Gasteiger partial charge in [0.2, 0.25) is 0 Å². The van der Waals surface area contributed by atoms with Gasteiger partial charge in [-0.1, -0.05) is 27.7 Å². The predicted molar refractivity (Wildman–Crippen MR) is 82.6 cm³/mol. The van der Waals surface area contributed by atoms with Gasteiger partial charge in [0.25, 0.3) is 0 Å². The molecule has 0 radical (unpaired) electrons. The minimum Gasteiger partial charge on any atom is -0.373 e. The minimum atomic E-state index is 0.369. The summed E-state index contributed by atoms with van der Waals surface area (Å²) in [6.45, 7) is 18.0. The van der Waals surface area contributed by atoms with Crippen LogP contribution in [-0.2, 0) is 4.74 Å². The van der Waals surface area contributed by atoms with Gasteiger partial charge in [0, 0.05) is 32.2 Å². The number of ether oxygens (including phenoxy) is 1. The van der Waals surface area contributed by atoms with Crippen LogP contribution in [0.4, 0.5) is 0 Å². The number of rotatable bonds is 7. The Balaban J connectivity index is 2.60. The fourth-order valence-corrected chi connectivity index (χ4v) is 3.09. The fourth-order valence-electron chi connectivity index (χ4n) is 3.09. The highest BCUT2D eigenvalue weighted by Gasteiger charge is 2.32. The summed E-state index contributed by atoms with van der Waals surface area (Å²) in [6, 6.07) is 0.569. The second-order valence-electron chi connectivity index (χ2n) is 6.69. The van der Waals surface area contributed by atoms with E-state index in [-0.39, 0.29) is 0 Å². The van der Waals surface area contributed by atoms with E-state index >= 15 is 0 Å². The zero-order valence-corrected chi connectivity index (χ0v) is 13.8. The van der Waals surface area contributed by atoms with Gasteiger partial charge in [-0.25, -0.2) is 0 Å². The average Bonchev–Trinajstić information content (AvgIpc) is 2.33. The Morgan fingerprint density at radius 1 is 1.16 bits per heavy atom. The summed E-state index contributed by atoms with van der Waals surface area (Å²) in [6.07, 6.45) is 3.22. The van der Waals surface area contributed by atoms with Gasteiger partial charge < -0.3 is 10.1 Å². The van der Waals surface area contributed by atoms with Crippen molar-refractivity contribution in [3.05, 3.63) is 0 Å². The van der Waals surface area contributed by atoms with Gasteiger partial charge in [0.1, 0.15) is 0 Å². The van der Waals surface area contributed by atoms with Crippen LogP contribution in [0.3, 0.4) is 0 Å². The summed E-state index contributed by atoms with van der Waals surface area (Å²) in [5.41, 5.74) is 0.404. The highest BCUT2D eigenvalue weighted by Crippen LogP contribution is 2.28. The fraction of sp³-hybridized carbons (Fsp3) is 1.00. The van der Waals surface area contributed by atoms with E-state index < -0.39 is 0 Å². The van der Waals surface area contributed by atoms with Crippen LogP contribution in [0.25, 0.3) is 0 Å². The van der Waals surface area contributed by atoms with Crippen LogP contribution in [0, 0.1) is 5.41 Å². The first-order valence-electron chi connectivity index (χ1n) is 8.02. The van der Waals surface area contributed by atoms with E-state index in [0.29, 0.717) is 23.7 Å². The molecule has 1 fully saturated rings. The van der Waals surface area contributed by atoms with Gasteiger partial charge in [-0.15, -0.1) is 0 Å². The van der Waals surface area contributed by atoms with Crippen molar-refractivity contribution in [2.24, 2.45) is 5.41 Å². The van der Waals surface area contributed by atoms with Gasteiger partial charge in [-0.05, 0) is 32.1 Å². The maximum absolute atomic E-state index is 5.84. The minimum absolute atomic E-state index is 0.369. The smallest absolute Gasteiger partial charge is 0.0678 e. The van der Waals surface area contributed by atoms with Gasteiger partial charge in [-0.3, -0.25) is 4.90 Å². The zero-order valence-electron chi connectivity index (χ0n) is 13.8. The Morgan fingerprint density at radius 3 is 2.11 bits per heavy atom. The molecule has 1 aliphatic heterocycles. The number of nitrogens with one attached hydrogen (secondary N) is 1. The Labute approximate surface area is 120 Å². The van der Waals surface area contributed by atoms with E-state index in [9.17, 15) is 0 Å². The highest BCUT2D eigenvalue weighted by molar-refractivity contribution is 4.86. The number of morpholine rings is 1. The molecule has 1 saturated heterocycles. The molecule has 19 heavy (non-hydrogen) atoms. The summed E-state index contributed by atoms with van der Waals surface area (Å²) < 4.78 is 5.84. The van der Waals surface area contributed by atoms with E-state index in [1.54, 1.807) is 0 Å². The quantitative estimate of drug-likeness (QED) is 0.770. The third-order valence-electron chi connectivity index (χ3n) is 4.44. The average molecular weight is 270 g/mol. The molecule has 0 aromatic carbocycles. The Bertz CT molecular complexity index is 241. The van der Waals surface area contributed by atoms with Gasteiger partial charge in [0.15, 0.2) is 0 Å². The number of hydrogen-bond donors (Lipinski definition) is 1. The Hall–Kier alpha value is -0.120. The molecule has 0 aromatic heterocycles. The lowest BCUT2D eigenvalue weighted by Crippen LogP contribution is -2.52. The Kier molecular flexibility index (Phi) is 6.78. The first-order chi connectivity index (χ1) is 8.90. The first kappa shape index (κ1) is 16.9. The molecular weight excluding hydrogens is 236 g/mol. The molecule has 0 bridgehead atoms. The maximum atomic E-state index is 5.84. The van der Waals surface area contributed by atoms with Gasteiger partial charge >= 0.3 is 0 Å². The lowest BCUT2D eigenvalue weighted by atomic mass is 9.81. The van der Waals surface area contributed by atoms with Crippen LogP contribution >= 0.6 is 0 Å². The molecule has 1 aliphatic rings. The van der Waals surface area contributed by atoms with Gasteiger partial charge in [0.05, 0.1) is 12.2 Å². The standard InChI is InChI=1S/C16H34N2O/c1-7-16(8-2,11-17-13(3)4)12-18-9-14(5)19-15(6)10-18/h13-15,17H,7-12H2,1-6H3. The van der Waals surface area contributed by atoms with E-state index in [2.05, 4.69) is 51.8 Å². The third-order valence-corrected chi connectivity index (χ3v) is 4.44. The molecule has 3 nitrogen and oxygen atoms in total. The molecule has 114 valence electrons. The second kappa shape index (κ2) is 7.61. The lowest BCUT2D eigenvalue weighted by Gasteiger charge is -2.42. The molecule has 0 aliphatic carbocycles. The van der Waals surface area contributed by atoms with Crippen molar-refractivity contribution in [3.63, 3.8) is 0 Å². The largest absolute Gasteiger partial charge is 0.373 e. The van der Waals surface area contributed by atoms with E-state index in [1.165, 1.54) is 19.4 Å². The molecule has 0 aromatic rings. The van der Waals surface area contributed by atoms with Crippen molar-refractivity contribution in [1.29, 1.82) is 0 Å². The van der Waals surface area contributed by atoms with Crippen molar-refractivity contribution in [1.82, 2.24) is 10.2 Å². The van der Waals surface area contributed by atoms with Crippen LogP contribution in [-0.4, -0.2) is 49.3 Å². The van der Waals surface area contributed by atoms with Crippen LogP contribution in [0.1, 0.15) is 54.4 Å². The molecule has 1 rings (SSSR count). The van der Waals surface area contributed by atoms with Crippen molar-refractivity contribution >= 4 is 0 Å². The summed E-state index contributed by atoms with van der Waals surface area (Å²) in [5, 5.41) is 3.64. The topological polar surface area (TPSA) is 24.5 Å². The molecule has 0 saturated carbocycles. The zero-order chi connectivity index (χ0) is 14.5. The molecule has 1 N–H and O–H groups in total. The number of nitrogens with zero attached hydrogens (tertiary/aromatic N) is 1. The summed E-state index contributed by atoms with van der Waals surface area (Å²) in [4.78, 5) is 2.60. The van der Waals surface area contributed by atoms with Crippen molar-refractivity contribution in [2.45, 2.75) is 72.6 Å². The molecule has 3 heteroatoms. The van der Waals surface area contributed by atoms with E-state index in [0.717, 1.165) is 19.6 Å². The van der Waals surface area contributed by atoms with Crippen LogP contribution < -0.4 is 5.32 Å². The summed E-state index contributed by atoms with van der Waals surface area (Å²) >= 11 is 0. The van der Waals surface area contributed by atoms with E-state index in [1.807, 2.05) is 0 Å². The SMILES string of the molecule is CCC(CC)(CNC(C)C)CN1CC(C)OC(C)C1. The molecule has 2 unspecified atom stereocenters. The Morgan fingerprint density at radius 2 is 1.68 bits per heavy atom. The molecule has 1 heterocycles. The second-order valence-corrected chi connectivity index (χ2v) is 6.69. The van der Waals surface area contributed by atoms with Crippen LogP contribution in [0.5, 0.6) is 0 Å². The number of hydrogen-bond acceptors (Lipinski definition) is 3. The summed E-state index contributed by atoms with van der Waals surface area (Å²) in [5.74, 6) is 0. The van der Waals surface area contributed by atoms with Crippen molar-refractivity contribution in [2.75, 3.05) is 26.2 Å². The van der Waals surface area contributed by atoms with Crippen molar-refractivity contribution in [3.8, 4) is 0 Å². The van der Waals surface area contributed by atoms with E-state index in [4.69, 9.17) is 4.74 Å². The molecular formula is C16H34N2O. The molecule has 0 amide bonds. The third kappa shape index (κ3) is 5.41. The summed E-state index contributed by atoms with van der Waals surface area (Å²) in [7, 11) is 0. The van der Waals surface area contributed by atoms with Crippen LogP contribution in [0.2, 0.25) is 0 Å². The first-order valence-corrected chi connectivity index (χ1v) is 8.02. The van der Waals surface area contributed by atoms with Crippen LogP contribution in [0.15, 0.2) is 0 Å². The highest BCUT2D eigenvalue weighted by atomic mass is 16.5. The molecule has 0 spiro atoms. The monoisotopic (exact) mass is 270 g/mol. The molecule has 2 atom stereocenters. The normalized spacial score (nSPS) is 26.1. The lowest BCUT2D eigenvalue weighted by molar-refractivity contribution is -0.0784. The predicted octanol–water partition coefficient (Wildman–Crippen LogP) is 2.90. The van der Waals surface area contributed by atoms with Crippen molar-refractivity contribution < 1.29 is 4.74 Å². The maximum Gasteiger partial charge on any atom is 0.0678 e. The van der Waals surface area contributed by atoms with Gasteiger partial charge in [-0.2, -0.15) is 0 Å².